The van der Waals surface area contributed by atoms with Crippen molar-refractivity contribution in [2.75, 3.05) is 0 Å². The zero-order chi connectivity index (χ0) is 14.4. The molecular formula is C18H14N2O. The van der Waals surface area contributed by atoms with Gasteiger partial charge in [-0.2, -0.15) is 0 Å². The van der Waals surface area contributed by atoms with Crippen molar-refractivity contribution in [2.45, 2.75) is 0 Å². The smallest absolute Gasteiger partial charge is 0.249 e. The summed E-state index contributed by atoms with van der Waals surface area (Å²) in [6.07, 6.45) is 0. The average Bonchev–Trinajstić information content (AvgIpc) is 2.81. The summed E-state index contributed by atoms with van der Waals surface area (Å²) < 4.78 is 2.14. The molecule has 0 radical (unpaired) electrons. The molecule has 0 unspecified atom stereocenters. The van der Waals surface area contributed by atoms with E-state index in [2.05, 4.69) is 21.7 Å². The van der Waals surface area contributed by atoms with E-state index in [0.717, 1.165) is 33.1 Å². The van der Waals surface area contributed by atoms with Crippen LogP contribution in [0.5, 0.6) is 0 Å². The standard InChI is InChI=1S/C18H14N2O/c1-20-15-10-6-5-9-13(15)14-11-16(21)19-17(18(14)20)12-7-3-2-4-8-12/h2-11H,1H3,(H,19,21). The number of aromatic nitrogens is 2. The van der Waals surface area contributed by atoms with Gasteiger partial charge >= 0.3 is 0 Å². The lowest BCUT2D eigenvalue weighted by molar-refractivity contribution is 1.01. The Hall–Kier alpha value is -2.81. The van der Waals surface area contributed by atoms with E-state index in [1.807, 2.05) is 49.5 Å². The molecule has 0 atom stereocenters. The predicted octanol–water partition coefficient (Wildman–Crippen LogP) is 3.69. The van der Waals surface area contributed by atoms with Crippen LogP contribution in [0, 0.1) is 0 Å². The van der Waals surface area contributed by atoms with Gasteiger partial charge in [0.2, 0.25) is 5.56 Å². The van der Waals surface area contributed by atoms with Gasteiger partial charge in [0, 0.05) is 35.0 Å². The Balaban J connectivity index is 2.25. The topological polar surface area (TPSA) is 37.8 Å². The summed E-state index contributed by atoms with van der Waals surface area (Å²) in [5, 5.41) is 2.11. The third-order valence-corrected chi connectivity index (χ3v) is 3.97. The third-order valence-electron chi connectivity index (χ3n) is 3.97. The molecule has 3 heteroatoms. The maximum atomic E-state index is 12.1. The number of fused-ring (bicyclic) bond motifs is 3. The van der Waals surface area contributed by atoms with Crippen molar-refractivity contribution in [3.05, 3.63) is 71.0 Å². The fourth-order valence-electron chi connectivity index (χ4n) is 3.03. The van der Waals surface area contributed by atoms with Gasteiger partial charge in [0.1, 0.15) is 0 Å². The lowest BCUT2D eigenvalue weighted by Crippen LogP contribution is -2.06. The van der Waals surface area contributed by atoms with Gasteiger partial charge in [-0.05, 0) is 6.07 Å². The van der Waals surface area contributed by atoms with Crippen molar-refractivity contribution < 1.29 is 0 Å². The summed E-state index contributed by atoms with van der Waals surface area (Å²) in [6.45, 7) is 0. The molecule has 0 aliphatic rings. The molecule has 21 heavy (non-hydrogen) atoms. The van der Waals surface area contributed by atoms with Crippen LogP contribution >= 0.6 is 0 Å². The minimum absolute atomic E-state index is 0.0716. The van der Waals surface area contributed by atoms with Crippen LogP contribution < -0.4 is 5.56 Å². The van der Waals surface area contributed by atoms with Crippen molar-refractivity contribution in [1.29, 1.82) is 0 Å². The summed E-state index contributed by atoms with van der Waals surface area (Å²) in [7, 11) is 2.04. The second-order valence-corrected chi connectivity index (χ2v) is 5.21. The lowest BCUT2D eigenvalue weighted by Gasteiger charge is -2.06. The Morgan fingerprint density at radius 3 is 2.43 bits per heavy atom. The molecule has 0 bridgehead atoms. The Morgan fingerprint density at radius 2 is 1.62 bits per heavy atom. The zero-order valence-corrected chi connectivity index (χ0v) is 11.6. The van der Waals surface area contributed by atoms with Crippen molar-refractivity contribution in [1.82, 2.24) is 9.55 Å². The lowest BCUT2D eigenvalue weighted by atomic mass is 10.1. The normalized spacial score (nSPS) is 11.3. The molecule has 0 amide bonds. The summed E-state index contributed by atoms with van der Waals surface area (Å²) >= 11 is 0. The molecule has 0 fully saturated rings. The Labute approximate surface area is 121 Å². The van der Waals surface area contributed by atoms with E-state index >= 15 is 0 Å². The minimum atomic E-state index is -0.0716. The van der Waals surface area contributed by atoms with Crippen LogP contribution in [0.4, 0.5) is 0 Å². The van der Waals surface area contributed by atoms with Crippen LogP contribution in [0.25, 0.3) is 33.1 Å². The van der Waals surface area contributed by atoms with Crippen molar-refractivity contribution in [3.63, 3.8) is 0 Å². The van der Waals surface area contributed by atoms with E-state index in [0.29, 0.717) is 0 Å². The molecule has 2 heterocycles. The van der Waals surface area contributed by atoms with Gasteiger partial charge in [-0.3, -0.25) is 4.79 Å². The molecule has 102 valence electrons. The number of para-hydroxylation sites is 1. The average molecular weight is 274 g/mol. The van der Waals surface area contributed by atoms with Gasteiger partial charge in [-0.15, -0.1) is 0 Å². The van der Waals surface area contributed by atoms with Crippen LogP contribution in [0.3, 0.4) is 0 Å². The number of nitrogens with zero attached hydrogens (tertiary/aromatic N) is 1. The maximum absolute atomic E-state index is 12.1. The number of rotatable bonds is 1. The van der Waals surface area contributed by atoms with E-state index in [1.165, 1.54) is 0 Å². The van der Waals surface area contributed by atoms with Gasteiger partial charge in [0.05, 0.1) is 11.2 Å². The molecule has 0 aliphatic carbocycles. The minimum Gasteiger partial charge on any atom is -0.342 e. The molecule has 2 aromatic carbocycles. The molecule has 0 saturated heterocycles. The Morgan fingerprint density at radius 1 is 0.905 bits per heavy atom. The SMILES string of the molecule is Cn1c2ccccc2c2cc(=O)[nH]c(-c3ccccc3)c21. The van der Waals surface area contributed by atoms with Gasteiger partial charge in [-0.25, -0.2) is 0 Å². The first-order valence-corrected chi connectivity index (χ1v) is 6.91. The number of aromatic amines is 1. The van der Waals surface area contributed by atoms with E-state index in [1.54, 1.807) is 6.07 Å². The second-order valence-electron chi connectivity index (χ2n) is 5.21. The van der Waals surface area contributed by atoms with Crippen LogP contribution in [0.1, 0.15) is 0 Å². The quantitative estimate of drug-likeness (QED) is 0.565. The largest absolute Gasteiger partial charge is 0.342 e. The maximum Gasteiger partial charge on any atom is 0.249 e. The zero-order valence-electron chi connectivity index (χ0n) is 11.6. The first kappa shape index (κ1) is 12.0. The van der Waals surface area contributed by atoms with Crippen LogP contribution in [0.2, 0.25) is 0 Å². The Bertz CT molecular complexity index is 1010. The fraction of sp³-hybridized carbons (Fsp3) is 0.0556. The number of hydrogen-bond acceptors (Lipinski definition) is 1. The van der Waals surface area contributed by atoms with Gasteiger partial charge in [0.25, 0.3) is 0 Å². The molecule has 0 saturated carbocycles. The molecule has 0 aliphatic heterocycles. The Kier molecular flexibility index (Phi) is 2.48. The van der Waals surface area contributed by atoms with E-state index in [4.69, 9.17) is 0 Å². The number of hydrogen-bond donors (Lipinski definition) is 1. The molecule has 2 aromatic heterocycles. The van der Waals surface area contributed by atoms with Gasteiger partial charge < -0.3 is 9.55 Å². The summed E-state index contributed by atoms with van der Waals surface area (Å²) in [6, 6.07) is 19.8. The number of aryl methyl sites for hydroxylation is 1. The fourth-order valence-corrected chi connectivity index (χ4v) is 3.03. The summed E-state index contributed by atoms with van der Waals surface area (Å²) in [5.74, 6) is 0. The molecule has 4 rings (SSSR count). The number of nitrogens with one attached hydrogen (secondary N) is 1. The van der Waals surface area contributed by atoms with E-state index in [9.17, 15) is 4.79 Å². The second kappa shape index (κ2) is 4.35. The van der Waals surface area contributed by atoms with Crippen LogP contribution in [-0.4, -0.2) is 9.55 Å². The number of pyridine rings is 1. The molecule has 4 aromatic rings. The third kappa shape index (κ3) is 1.71. The highest BCUT2D eigenvalue weighted by atomic mass is 16.1. The highest BCUT2D eigenvalue weighted by Gasteiger charge is 2.13. The van der Waals surface area contributed by atoms with Crippen LogP contribution in [0.15, 0.2) is 65.5 Å². The van der Waals surface area contributed by atoms with E-state index < -0.39 is 0 Å². The van der Waals surface area contributed by atoms with Gasteiger partial charge in [-0.1, -0.05) is 48.5 Å². The summed E-state index contributed by atoms with van der Waals surface area (Å²) in [5.41, 5.74) is 4.01. The predicted molar refractivity (Wildman–Crippen MR) is 86.5 cm³/mol. The molecule has 1 N–H and O–H groups in total. The molecule has 3 nitrogen and oxygen atoms in total. The van der Waals surface area contributed by atoms with Crippen molar-refractivity contribution in [3.8, 4) is 11.3 Å². The van der Waals surface area contributed by atoms with Crippen LogP contribution in [-0.2, 0) is 7.05 Å². The highest BCUT2D eigenvalue weighted by molar-refractivity contribution is 6.11. The molecule has 0 spiro atoms. The number of benzene rings is 2. The van der Waals surface area contributed by atoms with Gasteiger partial charge in [0.15, 0.2) is 0 Å². The first-order valence-electron chi connectivity index (χ1n) is 6.91. The highest BCUT2D eigenvalue weighted by Crippen LogP contribution is 2.32. The monoisotopic (exact) mass is 274 g/mol. The van der Waals surface area contributed by atoms with Crippen molar-refractivity contribution >= 4 is 21.8 Å². The van der Waals surface area contributed by atoms with E-state index in [-0.39, 0.29) is 5.56 Å². The first-order chi connectivity index (χ1) is 10.3. The summed E-state index contributed by atoms with van der Waals surface area (Å²) in [4.78, 5) is 15.1. The van der Waals surface area contributed by atoms with Crippen molar-refractivity contribution in [2.24, 2.45) is 7.05 Å². The molecular weight excluding hydrogens is 260 g/mol. The number of H-pyrrole nitrogens is 1.